The molecule has 0 radical (unpaired) electrons. The van der Waals surface area contributed by atoms with Gasteiger partial charge in [0.25, 0.3) is 5.91 Å². The maximum absolute atomic E-state index is 12.8. The van der Waals surface area contributed by atoms with E-state index in [-0.39, 0.29) is 5.91 Å². The molecule has 2 aromatic rings. The van der Waals surface area contributed by atoms with E-state index in [1.165, 1.54) is 0 Å². The maximum atomic E-state index is 12.8. The van der Waals surface area contributed by atoms with Crippen LogP contribution in [-0.2, 0) is 6.42 Å². The first-order valence-electron chi connectivity index (χ1n) is 7.21. The Kier molecular flexibility index (Phi) is 3.37. The molecule has 1 aliphatic heterocycles. The third-order valence-corrected chi connectivity index (χ3v) is 3.92. The van der Waals surface area contributed by atoms with Crippen LogP contribution in [0.2, 0.25) is 0 Å². The molecule has 0 aliphatic carbocycles. The fourth-order valence-corrected chi connectivity index (χ4v) is 2.89. The van der Waals surface area contributed by atoms with Gasteiger partial charge in [-0.1, -0.05) is 0 Å². The van der Waals surface area contributed by atoms with Crippen molar-refractivity contribution in [3.05, 3.63) is 52.8 Å². The number of anilines is 2. The molecule has 0 atom stereocenters. The Morgan fingerprint density at radius 3 is 2.81 bits per heavy atom. The summed E-state index contributed by atoms with van der Waals surface area (Å²) in [4.78, 5) is 19.1. The third kappa shape index (κ3) is 2.49. The maximum Gasteiger partial charge on any atom is 0.260 e. The normalized spacial score (nSPS) is 13.9. The first-order valence-corrected chi connectivity index (χ1v) is 7.21. The summed E-state index contributed by atoms with van der Waals surface area (Å²) in [7, 11) is 0. The second-order valence-electron chi connectivity index (χ2n) is 5.53. The Balaban J connectivity index is 2.00. The highest BCUT2D eigenvalue weighted by molar-refractivity contribution is 6.07. The molecular weight excluding hydrogens is 262 g/mol. The summed E-state index contributed by atoms with van der Waals surface area (Å²) in [5, 5.41) is 0. The lowest BCUT2D eigenvalue weighted by molar-refractivity contribution is 0.0984. The van der Waals surface area contributed by atoms with Crippen molar-refractivity contribution >= 4 is 17.3 Å². The number of carbonyl (C=O) groups excluding carboxylic acids is 1. The molecule has 0 saturated carbocycles. The Hall–Kier alpha value is -2.36. The monoisotopic (exact) mass is 281 g/mol. The molecule has 0 spiro atoms. The summed E-state index contributed by atoms with van der Waals surface area (Å²) in [6.45, 7) is 4.55. The van der Waals surface area contributed by atoms with E-state index >= 15 is 0 Å². The van der Waals surface area contributed by atoms with Crippen LogP contribution in [0.15, 0.2) is 30.3 Å². The number of pyridine rings is 1. The highest BCUT2D eigenvalue weighted by Gasteiger charge is 2.24. The van der Waals surface area contributed by atoms with Gasteiger partial charge in [0.15, 0.2) is 0 Å². The van der Waals surface area contributed by atoms with Crippen molar-refractivity contribution in [2.24, 2.45) is 0 Å². The lowest BCUT2D eigenvalue weighted by Crippen LogP contribution is -2.36. The molecule has 1 amide bonds. The number of carbonyl (C=O) groups is 1. The average Bonchev–Trinajstić information content (AvgIpc) is 2.45. The van der Waals surface area contributed by atoms with Gasteiger partial charge in [0.05, 0.1) is 11.3 Å². The molecule has 0 unspecified atom stereocenters. The number of nitrogens with zero attached hydrogens (tertiary/aromatic N) is 2. The van der Waals surface area contributed by atoms with E-state index < -0.39 is 0 Å². The van der Waals surface area contributed by atoms with Crippen molar-refractivity contribution in [1.82, 2.24) is 4.98 Å². The first kappa shape index (κ1) is 13.6. The summed E-state index contributed by atoms with van der Waals surface area (Å²) < 4.78 is 0. The number of rotatable bonds is 1. The van der Waals surface area contributed by atoms with Crippen LogP contribution in [0.4, 0.5) is 11.4 Å². The van der Waals surface area contributed by atoms with Crippen molar-refractivity contribution in [1.29, 1.82) is 0 Å². The highest BCUT2D eigenvalue weighted by atomic mass is 16.2. The Morgan fingerprint density at radius 2 is 2.05 bits per heavy atom. The predicted octanol–water partition coefficient (Wildman–Crippen LogP) is 2.87. The number of nitrogen functional groups attached to an aromatic ring is 1. The molecule has 2 heterocycles. The minimum absolute atomic E-state index is 0.0192. The van der Waals surface area contributed by atoms with Crippen molar-refractivity contribution in [2.45, 2.75) is 26.7 Å². The standard InChI is InChI=1S/C17H19N3O/c1-11-5-7-15(12(2)19-11)17(21)20-9-3-4-13-10-14(18)6-8-16(13)20/h5-8,10H,3-4,9,18H2,1-2H3. The van der Waals surface area contributed by atoms with Crippen LogP contribution in [0.25, 0.3) is 0 Å². The average molecular weight is 281 g/mol. The van der Waals surface area contributed by atoms with Gasteiger partial charge in [0, 0.05) is 23.6 Å². The molecule has 1 aromatic heterocycles. The van der Waals surface area contributed by atoms with E-state index in [0.717, 1.165) is 47.7 Å². The second-order valence-corrected chi connectivity index (χ2v) is 5.53. The third-order valence-electron chi connectivity index (χ3n) is 3.92. The van der Waals surface area contributed by atoms with Crippen LogP contribution >= 0.6 is 0 Å². The number of hydrogen-bond acceptors (Lipinski definition) is 3. The number of amides is 1. The zero-order valence-electron chi connectivity index (χ0n) is 12.4. The van der Waals surface area contributed by atoms with E-state index in [1.807, 2.05) is 49.1 Å². The zero-order chi connectivity index (χ0) is 15.0. The molecule has 4 heteroatoms. The second kappa shape index (κ2) is 5.20. The first-order chi connectivity index (χ1) is 10.1. The van der Waals surface area contributed by atoms with Gasteiger partial charge < -0.3 is 10.6 Å². The lowest BCUT2D eigenvalue weighted by atomic mass is 10.00. The smallest absolute Gasteiger partial charge is 0.260 e. The van der Waals surface area contributed by atoms with E-state index in [9.17, 15) is 4.79 Å². The Bertz CT molecular complexity index is 709. The van der Waals surface area contributed by atoms with E-state index in [1.54, 1.807) is 0 Å². The fourth-order valence-electron chi connectivity index (χ4n) is 2.89. The Labute approximate surface area is 124 Å². The van der Waals surface area contributed by atoms with Gasteiger partial charge in [-0.05, 0) is 62.6 Å². The van der Waals surface area contributed by atoms with Crippen molar-refractivity contribution < 1.29 is 4.79 Å². The zero-order valence-corrected chi connectivity index (χ0v) is 12.4. The van der Waals surface area contributed by atoms with Crippen LogP contribution in [0, 0.1) is 13.8 Å². The molecule has 108 valence electrons. The molecule has 0 saturated heterocycles. The Morgan fingerprint density at radius 1 is 1.24 bits per heavy atom. The summed E-state index contributed by atoms with van der Waals surface area (Å²) in [6.07, 6.45) is 1.93. The van der Waals surface area contributed by atoms with Gasteiger partial charge in [0.2, 0.25) is 0 Å². The molecule has 4 nitrogen and oxygen atoms in total. The van der Waals surface area contributed by atoms with Crippen LogP contribution in [-0.4, -0.2) is 17.4 Å². The molecule has 1 aliphatic rings. The van der Waals surface area contributed by atoms with Gasteiger partial charge >= 0.3 is 0 Å². The molecule has 0 bridgehead atoms. The minimum Gasteiger partial charge on any atom is -0.399 e. The minimum atomic E-state index is 0.0192. The van der Waals surface area contributed by atoms with E-state index in [2.05, 4.69) is 4.98 Å². The molecule has 21 heavy (non-hydrogen) atoms. The quantitative estimate of drug-likeness (QED) is 0.818. The molecule has 3 rings (SSSR count). The molecule has 1 aromatic carbocycles. The number of hydrogen-bond donors (Lipinski definition) is 1. The predicted molar refractivity (Wildman–Crippen MR) is 84.6 cm³/mol. The summed E-state index contributed by atoms with van der Waals surface area (Å²) in [5.74, 6) is 0.0192. The van der Waals surface area contributed by atoms with Crippen LogP contribution in [0.1, 0.15) is 33.7 Å². The fraction of sp³-hybridized carbons (Fsp3) is 0.294. The molecule has 2 N–H and O–H groups in total. The van der Waals surface area contributed by atoms with Gasteiger partial charge in [0.1, 0.15) is 0 Å². The summed E-state index contributed by atoms with van der Waals surface area (Å²) >= 11 is 0. The van der Waals surface area contributed by atoms with E-state index in [4.69, 9.17) is 5.73 Å². The SMILES string of the molecule is Cc1ccc(C(=O)N2CCCc3cc(N)ccc32)c(C)n1. The molecular formula is C17H19N3O. The van der Waals surface area contributed by atoms with Crippen molar-refractivity contribution in [3.63, 3.8) is 0 Å². The molecule has 0 fully saturated rings. The van der Waals surface area contributed by atoms with Crippen molar-refractivity contribution in [3.8, 4) is 0 Å². The number of nitrogens with two attached hydrogens (primary N) is 1. The van der Waals surface area contributed by atoms with Gasteiger partial charge in [-0.25, -0.2) is 0 Å². The highest BCUT2D eigenvalue weighted by Crippen LogP contribution is 2.30. The number of aromatic nitrogens is 1. The van der Waals surface area contributed by atoms with Gasteiger partial charge in [-0.3, -0.25) is 9.78 Å². The van der Waals surface area contributed by atoms with Gasteiger partial charge in [-0.2, -0.15) is 0 Å². The van der Waals surface area contributed by atoms with Gasteiger partial charge in [-0.15, -0.1) is 0 Å². The van der Waals surface area contributed by atoms with Crippen LogP contribution in [0.3, 0.4) is 0 Å². The number of fused-ring (bicyclic) bond motifs is 1. The van der Waals surface area contributed by atoms with Crippen LogP contribution in [0.5, 0.6) is 0 Å². The van der Waals surface area contributed by atoms with E-state index in [0.29, 0.717) is 5.56 Å². The topological polar surface area (TPSA) is 59.2 Å². The number of aryl methyl sites for hydroxylation is 3. The van der Waals surface area contributed by atoms with Crippen LogP contribution < -0.4 is 10.6 Å². The summed E-state index contributed by atoms with van der Waals surface area (Å²) in [5.41, 5.74) is 11.1. The number of benzene rings is 1. The van der Waals surface area contributed by atoms with Crippen molar-refractivity contribution in [2.75, 3.05) is 17.2 Å². The largest absolute Gasteiger partial charge is 0.399 e. The summed E-state index contributed by atoms with van der Waals surface area (Å²) in [6, 6.07) is 9.51. The lowest BCUT2D eigenvalue weighted by Gasteiger charge is -2.30.